The average Bonchev–Trinajstić information content (AvgIpc) is 2.81. The van der Waals surface area contributed by atoms with Crippen molar-refractivity contribution in [1.29, 1.82) is 0 Å². The number of fused-ring (bicyclic) bond motifs is 1. The lowest BCUT2D eigenvalue weighted by Crippen LogP contribution is -2.46. The number of primary amides is 1. The molecule has 6 nitrogen and oxygen atoms in total. The molecule has 0 bridgehead atoms. The summed E-state index contributed by atoms with van der Waals surface area (Å²) < 4.78 is 0. The molecule has 2 atom stereocenters. The molecule has 20 heavy (non-hydrogen) atoms. The molecule has 1 aromatic carbocycles. The lowest BCUT2D eigenvalue weighted by Gasteiger charge is -2.15. The fraction of sp³-hybridized carbons (Fsp3) is 0.308. The predicted molar refractivity (Wildman–Crippen MR) is 73.2 cm³/mol. The zero-order chi connectivity index (χ0) is 14.7. The van der Waals surface area contributed by atoms with Crippen molar-refractivity contribution < 1.29 is 19.5 Å². The minimum atomic E-state index is -1.27. The first-order chi connectivity index (χ1) is 9.47. The van der Waals surface area contributed by atoms with E-state index in [2.05, 4.69) is 5.32 Å². The fourth-order valence-corrected chi connectivity index (χ4v) is 3.20. The van der Waals surface area contributed by atoms with Gasteiger partial charge in [0.15, 0.2) is 0 Å². The molecule has 4 N–H and O–H groups in total. The average molecular weight is 294 g/mol. The maximum absolute atomic E-state index is 12.1. The van der Waals surface area contributed by atoms with Crippen molar-refractivity contribution in [3.05, 3.63) is 29.8 Å². The van der Waals surface area contributed by atoms with Crippen molar-refractivity contribution in [1.82, 2.24) is 5.32 Å². The molecule has 0 aliphatic carbocycles. The zero-order valence-corrected chi connectivity index (χ0v) is 11.4. The van der Waals surface area contributed by atoms with Gasteiger partial charge in [-0.05, 0) is 18.1 Å². The highest BCUT2D eigenvalue weighted by Crippen LogP contribution is 2.36. The van der Waals surface area contributed by atoms with Crippen LogP contribution in [0.25, 0.3) is 0 Å². The third-order valence-electron chi connectivity index (χ3n) is 2.96. The topological polar surface area (TPSA) is 109 Å². The van der Waals surface area contributed by atoms with Gasteiger partial charge in [0, 0.05) is 4.90 Å². The first-order valence-corrected chi connectivity index (χ1v) is 6.91. The molecule has 2 amide bonds. The van der Waals surface area contributed by atoms with E-state index in [1.54, 1.807) is 0 Å². The normalized spacial score (nSPS) is 18.1. The number of carbonyl (C=O) groups is 3. The SMILES string of the molecule is NC(=O)C[C@@H](NC(=O)C1Cc2ccccc2S1)C(=O)O. The van der Waals surface area contributed by atoms with Crippen LogP contribution in [0.4, 0.5) is 0 Å². The van der Waals surface area contributed by atoms with Crippen molar-refractivity contribution >= 4 is 29.5 Å². The van der Waals surface area contributed by atoms with Crippen molar-refractivity contribution in [3.8, 4) is 0 Å². The summed E-state index contributed by atoms with van der Waals surface area (Å²) in [5.41, 5.74) is 6.04. The van der Waals surface area contributed by atoms with E-state index in [4.69, 9.17) is 10.8 Å². The number of hydrogen-bond donors (Lipinski definition) is 3. The highest BCUT2D eigenvalue weighted by molar-refractivity contribution is 8.01. The second-order valence-corrected chi connectivity index (χ2v) is 5.73. The van der Waals surface area contributed by atoms with Gasteiger partial charge in [0.05, 0.1) is 11.7 Å². The lowest BCUT2D eigenvalue weighted by atomic mass is 10.1. The highest BCUT2D eigenvalue weighted by Gasteiger charge is 2.31. The summed E-state index contributed by atoms with van der Waals surface area (Å²) in [5.74, 6) is -2.42. The van der Waals surface area contributed by atoms with Crippen molar-refractivity contribution in [2.45, 2.75) is 29.0 Å². The van der Waals surface area contributed by atoms with Crippen LogP contribution in [0.3, 0.4) is 0 Å². The van der Waals surface area contributed by atoms with E-state index in [1.807, 2.05) is 24.3 Å². The van der Waals surface area contributed by atoms with Crippen molar-refractivity contribution in [3.63, 3.8) is 0 Å². The number of amides is 2. The zero-order valence-electron chi connectivity index (χ0n) is 10.5. The van der Waals surface area contributed by atoms with Crippen LogP contribution in [0.2, 0.25) is 0 Å². The number of nitrogens with two attached hydrogens (primary N) is 1. The predicted octanol–water partition coefficient (Wildman–Crippen LogP) is 0.148. The monoisotopic (exact) mass is 294 g/mol. The van der Waals surface area contributed by atoms with Crippen LogP contribution in [0.5, 0.6) is 0 Å². The molecule has 2 rings (SSSR count). The van der Waals surface area contributed by atoms with Gasteiger partial charge in [0.1, 0.15) is 6.04 Å². The molecular weight excluding hydrogens is 280 g/mol. The summed E-state index contributed by atoms with van der Waals surface area (Å²) in [5, 5.41) is 10.9. The number of carboxylic acids is 1. The van der Waals surface area contributed by atoms with Gasteiger partial charge in [-0.3, -0.25) is 9.59 Å². The third kappa shape index (κ3) is 3.30. The minimum absolute atomic E-state index is 0.373. The van der Waals surface area contributed by atoms with Crippen molar-refractivity contribution in [2.75, 3.05) is 0 Å². The Labute approximate surface area is 119 Å². The number of hydrogen-bond acceptors (Lipinski definition) is 4. The van der Waals surface area contributed by atoms with Gasteiger partial charge in [-0.25, -0.2) is 4.79 Å². The van der Waals surface area contributed by atoms with Gasteiger partial charge in [0.25, 0.3) is 0 Å². The van der Waals surface area contributed by atoms with Gasteiger partial charge in [-0.1, -0.05) is 18.2 Å². The molecule has 0 fully saturated rings. The summed E-state index contributed by atoms with van der Waals surface area (Å²) in [7, 11) is 0. The molecule has 0 saturated heterocycles. The van der Waals surface area contributed by atoms with E-state index < -0.39 is 24.3 Å². The first-order valence-electron chi connectivity index (χ1n) is 6.03. The van der Waals surface area contributed by atoms with Crippen LogP contribution >= 0.6 is 11.8 Å². The van der Waals surface area contributed by atoms with Crippen LogP contribution in [0.1, 0.15) is 12.0 Å². The highest BCUT2D eigenvalue weighted by atomic mass is 32.2. The molecule has 1 aliphatic rings. The molecule has 1 heterocycles. The molecule has 0 spiro atoms. The standard InChI is InChI=1S/C13H14N2O4S/c14-11(16)6-8(13(18)19)15-12(17)10-5-7-3-1-2-4-9(7)20-10/h1-4,8,10H,5-6H2,(H2,14,16)(H,15,17)(H,18,19)/t8-,10?/m1/s1. The van der Waals surface area contributed by atoms with E-state index in [0.29, 0.717) is 6.42 Å². The number of carbonyl (C=O) groups excluding carboxylic acids is 2. The van der Waals surface area contributed by atoms with Crippen LogP contribution in [0.15, 0.2) is 29.2 Å². The molecule has 1 aromatic rings. The molecule has 1 aliphatic heterocycles. The molecular formula is C13H14N2O4S. The number of carboxylic acid groups (broad SMARTS) is 1. The van der Waals surface area contributed by atoms with Gasteiger partial charge in [-0.2, -0.15) is 0 Å². The lowest BCUT2D eigenvalue weighted by molar-refractivity contribution is -0.143. The molecule has 0 radical (unpaired) electrons. The molecule has 0 saturated carbocycles. The smallest absolute Gasteiger partial charge is 0.326 e. The Morgan fingerprint density at radius 2 is 2.10 bits per heavy atom. The van der Waals surface area contributed by atoms with E-state index >= 15 is 0 Å². The van der Waals surface area contributed by atoms with E-state index in [9.17, 15) is 14.4 Å². The second-order valence-electron chi connectivity index (χ2n) is 4.49. The summed E-state index contributed by atoms with van der Waals surface area (Å²) in [4.78, 5) is 34.9. The van der Waals surface area contributed by atoms with E-state index in [-0.39, 0.29) is 11.2 Å². The maximum atomic E-state index is 12.1. The number of benzene rings is 1. The van der Waals surface area contributed by atoms with E-state index in [0.717, 1.165) is 10.5 Å². The number of aliphatic carboxylic acids is 1. The Kier molecular flexibility index (Phi) is 4.29. The Morgan fingerprint density at radius 3 is 2.70 bits per heavy atom. The Morgan fingerprint density at radius 1 is 1.40 bits per heavy atom. The molecule has 7 heteroatoms. The van der Waals surface area contributed by atoms with Gasteiger partial charge < -0.3 is 16.2 Å². The molecule has 1 unspecified atom stereocenters. The first kappa shape index (κ1) is 14.4. The van der Waals surface area contributed by atoms with Crippen LogP contribution in [-0.4, -0.2) is 34.2 Å². The van der Waals surface area contributed by atoms with Crippen molar-refractivity contribution in [2.24, 2.45) is 5.73 Å². The minimum Gasteiger partial charge on any atom is -0.480 e. The number of rotatable bonds is 5. The number of nitrogens with one attached hydrogen (secondary N) is 1. The quantitative estimate of drug-likeness (QED) is 0.716. The van der Waals surface area contributed by atoms with Gasteiger partial charge in [0.2, 0.25) is 11.8 Å². The van der Waals surface area contributed by atoms with E-state index in [1.165, 1.54) is 11.8 Å². The summed E-state index contributed by atoms with van der Waals surface area (Å²) in [6.07, 6.45) is 0.140. The molecule has 0 aromatic heterocycles. The Balaban J connectivity index is 1.99. The summed E-state index contributed by atoms with van der Waals surface area (Å²) >= 11 is 1.40. The fourth-order valence-electron chi connectivity index (χ4n) is 1.99. The Hall–Kier alpha value is -2.02. The third-order valence-corrected chi connectivity index (χ3v) is 4.28. The van der Waals surface area contributed by atoms with Gasteiger partial charge in [-0.15, -0.1) is 11.8 Å². The van der Waals surface area contributed by atoms with Crippen LogP contribution in [0, 0.1) is 0 Å². The van der Waals surface area contributed by atoms with Gasteiger partial charge >= 0.3 is 5.97 Å². The second kappa shape index (κ2) is 5.96. The summed E-state index contributed by atoms with van der Waals surface area (Å²) in [6.45, 7) is 0. The molecule has 106 valence electrons. The van der Waals surface area contributed by atoms with Crippen LogP contribution < -0.4 is 11.1 Å². The number of thioether (sulfide) groups is 1. The summed E-state index contributed by atoms with van der Waals surface area (Å²) in [6, 6.07) is 6.37. The largest absolute Gasteiger partial charge is 0.480 e. The van der Waals surface area contributed by atoms with Crippen LogP contribution in [-0.2, 0) is 20.8 Å². The maximum Gasteiger partial charge on any atom is 0.326 e. The Bertz CT molecular complexity index is 536.